The van der Waals surface area contributed by atoms with Gasteiger partial charge in [-0.25, -0.2) is 4.68 Å². The highest BCUT2D eigenvalue weighted by atomic mass is 16.6. The van der Waals surface area contributed by atoms with Crippen LogP contribution in [-0.4, -0.2) is 54.0 Å². The maximum Gasteiger partial charge on any atom is 0.269 e. The number of rotatable bonds is 7. The van der Waals surface area contributed by atoms with Gasteiger partial charge in [0.15, 0.2) is 0 Å². The Bertz CT molecular complexity index is 791. The van der Waals surface area contributed by atoms with Crippen LogP contribution in [-0.2, 0) is 4.74 Å². The van der Waals surface area contributed by atoms with E-state index in [0.29, 0.717) is 24.4 Å². The first-order valence-corrected chi connectivity index (χ1v) is 8.80. The predicted molar refractivity (Wildman–Crippen MR) is 99.0 cm³/mol. The first-order chi connectivity index (χ1) is 13.0. The van der Waals surface area contributed by atoms with Crippen LogP contribution in [0, 0.1) is 15.5 Å². The van der Waals surface area contributed by atoms with E-state index >= 15 is 0 Å². The van der Waals surface area contributed by atoms with Gasteiger partial charge in [-0.05, 0) is 38.1 Å². The van der Waals surface area contributed by atoms with E-state index in [4.69, 9.17) is 4.74 Å². The van der Waals surface area contributed by atoms with E-state index in [1.807, 2.05) is 0 Å². The molecule has 0 saturated carbocycles. The van der Waals surface area contributed by atoms with Gasteiger partial charge in [-0.3, -0.25) is 14.9 Å². The second-order valence-corrected chi connectivity index (χ2v) is 6.81. The summed E-state index contributed by atoms with van der Waals surface area (Å²) in [4.78, 5) is 22.8. The largest absolute Gasteiger partial charge is 0.384 e. The van der Waals surface area contributed by atoms with Crippen molar-refractivity contribution < 1.29 is 14.5 Å². The van der Waals surface area contributed by atoms with Gasteiger partial charge in [0.1, 0.15) is 0 Å². The summed E-state index contributed by atoms with van der Waals surface area (Å²) in [7, 11) is 1.68. The zero-order valence-corrected chi connectivity index (χ0v) is 15.2. The number of benzene rings is 1. The fraction of sp³-hybridized carbons (Fsp3) is 0.444. The molecule has 0 unspecified atom stereocenters. The molecule has 1 fully saturated rings. The molecule has 9 heteroatoms. The molecular weight excluding hydrogens is 350 g/mol. The molecule has 1 aromatic carbocycles. The average molecular weight is 373 g/mol. The lowest BCUT2D eigenvalue weighted by Crippen LogP contribution is -2.47. The summed E-state index contributed by atoms with van der Waals surface area (Å²) >= 11 is 0. The Morgan fingerprint density at radius 2 is 2.07 bits per heavy atom. The number of nitro groups is 1. The number of carbonyl (C=O) groups excluding carboxylic acids is 1. The summed E-state index contributed by atoms with van der Waals surface area (Å²) < 4.78 is 6.89. The van der Waals surface area contributed by atoms with Crippen molar-refractivity contribution in [1.29, 1.82) is 0 Å². The second-order valence-electron chi connectivity index (χ2n) is 6.81. The summed E-state index contributed by atoms with van der Waals surface area (Å²) in [5.41, 5.74) is 1.04. The van der Waals surface area contributed by atoms with E-state index < -0.39 is 4.92 Å². The van der Waals surface area contributed by atoms with Gasteiger partial charge in [0.25, 0.3) is 11.6 Å². The van der Waals surface area contributed by atoms with Crippen molar-refractivity contribution in [3.8, 4) is 5.69 Å². The van der Waals surface area contributed by atoms with Gasteiger partial charge in [-0.2, -0.15) is 5.10 Å². The number of carbonyl (C=O) groups is 1. The van der Waals surface area contributed by atoms with E-state index in [-0.39, 0.29) is 17.0 Å². The Balaban J connectivity index is 1.65. The van der Waals surface area contributed by atoms with E-state index in [1.54, 1.807) is 25.4 Å². The smallest absolute Gasteiger partial charge is 0.269 e. The first kappa shape index (κ1) is 19.0. The highest BCUT2D eigenvalue weighted by Crippen LogP contribution is 2.28. The molecule has 9 nitrogen and oxygen atoms in total. The number of nitro benzene ring substituents is 1. The molecular formula is C18H23N5O4. The van der Waals surface area contributed by atoms with Crippen molar-refractivity contribution in [2.24, 2.45) is 5.41 Å². The average Bonchev–Trinajstić information content (AvgIpc) is 3.17. The van der Waals surface area contributed by atoms with Crippen LogP contribution in [0.15, 0.2) is 36.7 Å². The quantitative estimate of drug-likeness (QED) is 0.562. The van der Waals surface area contributed by atoms with Gasteiger partial charge in [0.05, 0.1) is 29.0 Å². The minimum absolute atomic E-state index is 0.00860. The van der Waals surface area contributed by atoms with Crippen molar-refractivity contribution in [1.82, 2.24) is 20.4 Å². The molecule has 1 saturated heterocycles. The molecule has 0 radical (unpaired) electrons. The molecule has 0 spiro atoms. The molecule has 1 amide bonds. The zero-order valence-electron chi connectivity index (χ0n) is 15.2. The third-order valence-corrected chi connectivity index (χ3v) is 4.91. The number of aromatic nitrogens is 2. The molecule has 1 aromatic heterocycles. The zero-order chi connectivity index (χ0) is 19.3. The summed E-state index contributed by atoms with van der Waals surface area (Å²) in [6.45, 7) is 2.98. The van der Waals surface area contributed by atoms with Gasteiger partial charge >= 0.3 is 0 Å². The minimum Gasteiger partial charge on any atom is -0.384 e. The normalized spacial score (nSPS) is 16.0. The minimum atomic E-state index is -0.456. The topological polar surface area (TPSA) is 111 Å². The van der Waals surface area contributed by atoms with E-state index in [1.165, 1.54) is 23.0 Å². The van der Waals surface area contributed by atoms with Crippen molar-refractivity contribution in [2.75, 3.05) is 33.4 Å². The van der Waals surface area contributed by atoms with E-state index in [0.717, 1.165) is 25.9 Å². The van der Waals surface area contributed by atoms with Crippen LogP contribution >= 0.6 is 0 Å². The predicted octanol–water partition coefficient (Wildman–Crippen LogP) is 1.53. The van der Waals surface area contributed by atoms with Crippen LogP contribution in [0.3, 0.4) is 0 Å². The lowest BCUT2D eigenvalue weighted by Gasteiger charge is -2.37. The standard InChI is InChI=1S/C18H23N5O4/c1-27-13-18(6-8-19-9-7-18)12-20-17(24)14-10-21-22(11-14)15-2-4-16(5-3-15)23(25)26/h2-5,10-11,19H,6-9,12-13H2,1H3,(H,20,24). The van der Waals surface area contributed by atoms with Gasteiger partial charge < -0.3 is 15.4 Å². The number of methoxy groups -OCH3 is 1. The maximum absolute atomic E-state index is 12.5. The number of nitrogens with zero attached hydrogens (tertiary/aromatic N) is 3. The number of nitrogens with one attached hydrogen (secondary N) is 2. The lowest BCUT2D eigenvalue weighted by atomic mass is 9.79. The van der Waals surface area contributed by atoms with E-state index in [9.17, 15) is 14.9 Å². The molecule has 144 valence electrons. The fourth-order valence-electron chi connectivity index (χ4n) is 3.31. The summed E-state index contributed by atoms with van der Waals surface area (Å²) in [5.74, 6) is -0.197. The maximum atomic E-state index is 12.5. The number of amides is 1. The van der Waals surface area contributed by atoms with Gasteiger partial charge in [-0.15, -0.1) is 0 Å². The number of hydrogen-bond acceptors (Lipinski definition) is 6. The molecule has 0 bridgehead atoms. The molecule has 0 aliphatic carbocycles. The molecule has 1 aliphatic rings. The van der Waals surface area contributed by atoms with Gasteiger partial charge in [0, 0.05) is 37.4 Å². The summed E-state index contributed by atoms with van der Waals surface area (Å²) in [5, 5.41) is 21.2. The van der Waals surface area contributed by atoms with Crippen LogP contribution in [0.5, 0.6) is 0 Å². The third-order valence-electron chi connectivity index (χ3n) is 4.91. The Labute approximate surface area is 156 Å². The molecule has 3 rings (SSSR count). The molecule has 27 heavy (non-hydrogen) atoms. The van der Waals surface area contributed by atoms with Crippen LogP contribution in [0.2, 0.25) is 0 Å². The van der Waals surface area contributed by atoms with Crippen molar-refractivity contribution in [3.63, 3.8) is 0 Å². The highest BCUT2D eigenvalue weighted by Gasteiger charge is 2.32. The highest BCUT2D eigenvalue weighted by molar-refractivity contribution is 5.93. The van der Waals surface area contributed by atoms with E-state index in [2.05, 4.69) is 15.7 Å². The number of non-ortho nitro benzene ring substituents is 1. The third kappa shape index (κ3) is 4.50. The number of ether oxygens (including phenoxy) is 1. The second kappa shape index (κ2) is 8.28. The molecule has 2 aromatic rings. The van der Waals surface area contributed by atoms with Crippen molar-refractivity contribution in [2.45, 2.75) is 12.8 Å². The molecule has 0 atom stereocenters. The fourth-order valence-corrected chi connectivity index (χ4v) is 3.31. The Hall–Kier alpha value is -2.78. The van der Waals surface area contributed by atoms with Gasteiger partial charge in [-0.1, -0.05) is 0 Å². The van der Waals surface area contributed by atoms with Crippen LogP contribution in [0.25, 0.3) is 5.69 Å². The number of piperidine rings is 1. The molecule has 1 aliphatic heterocycles. The van der Waals surface area contributed by atoms with Crippen LogP contribution in [0.1, 0.15) is 23.2 Å². The molecule has 2 N–H and O–H groups in total. The Morgan fingerprint density at radius 1 is 1.37 bits per heavy atom. The molecule has 2 heterocycles. The Kier molecular flexibility index (Phi) is 5.82. The lowest BCUT2D eigenvalue weighted by molar-refractivity contribution is -0.384. The monoisotopic (exact) mass is 373 g/mol. The van der Waals surface area contributed by atoms with Crippen molar-refractivity contribution >= 4 is 11.6 Å². The van der Waals surface area contributed by atoms with Gasteiger partial charge in [0.2, 0.25) is 0 Å². The SMILES string of the molecule is COCC1(CNC(=O)c2cnn(-c3ccc([N+](=O)[O-])cc3)c2)CCNCC1. The summed E-state index contributed by atoms with van der Waals surface area (Å²) in [6.07, 6.45) is 5.00. The first-order valence-electron chi connectivity index (χ1n) is 8.80. The van der Waals surface area contributed by atoms with Crippen molar-refractivity contribution in [3.05, 3.63) is 52.3 Å². The van der Waals surface area contributed by atoms with Crippen LogP contribution < -0.4 is 10.6 Å². The van der Waals surface area contributed by atoms with Crippen LogP contribution in [0.4, 0.5) is 5.69 Å². The Morgan fingerprint density at radius 3 is 2.70 bits per heavy atom. The number of hydrogen-bond donors (Lipinski definition) is 2. The summed E-state index contributed by atoms with van der Waals surface area (Å²) in [6, 6.07) is 6.00.